The maximum Gasteiger partial charge on any atom is 0.564 e. The van der Waals surface area contributed by atoms with Crippen LogP contribution >= 0.6 is 40.2 Å². The summed E-state index contributed by atoms with van der Waals surface area (Å²) in [6, 6.07) is 26.3. The highest BCUT2D eigenvalue weighted by molar-refractivity contribution is 7.81. The van der Waals surface area contributed by atoms with Crippen molar-refractivity contribution in [2.75, 3.05) is 0 Å². The normalized spacial score (nSPS) is 10.9. The van der Waals surface area contributed by atoms with Gasteiger partial charge in [-0.2, -0.15) is 4.42 Å². The Kier molecular flexibility index (Phi) is 8.36. The molecule has 0 aliphatic heterocycles. The molecule has 0 saturated carbocycles. The minimum Gasteiger partial charge on any atom is -0.391 e. The van der Waals surface area contributed by atoms with Crippen molar-refractivity contribution in [3.05, 3.63) is 90.0 Å². The standard InChI is InChI=1S/C23H19N2O.Al.4ClH/c1-16-8-12-18(13-9-16)21-24-22(19-6-4-3-5-7-19)26-23(25-21)20-14-10-17(2)11-15-20;;;;;/h3-15H,1-2H3;;4*1H/q+1;+3;;;;/p-4. The fourth-order valence-corrected chi connectivity index (χ4v) is 2.71. The van der Waals surface area contributed by atoms with E-state index in [0.29, 0.717) is 17.6 Å². The molecule has 3 nitrogen and oxygen atoms in total. The van der Waals surface area contributed by atoms with E-state index in [9.17, 15) is 0 Å². The average Bonchev–Trinajstić information content (AvgIpc) is 2.74. The van der Waals surface area contributed by atoms with Crippen molar-refractivity contribution in [1.29, 1.82) is 0 Å². The molecule has 0 amide bonds. The summed E-state index contributed by atoms with van der Waals surface area (Å²) in [5.41, 5.74) is 5.23. The molecular weight excluding hydrogens is 489 g/mol. The van der Waals surface area contributed by atoms with E-state index in [1.165, 1.54) is 11.1 Å². The van der Waals surface area contributed by atoms with E-state index in [0.717, 1.165) is 16.7 Å². The first-order valence-electron chi connectivity index (χ1n) is 9.48. The lowest BCUT2D eigenvalue weighted by molar-refractivity contribution is 0.540. The molecule has 4 aromatic rings. The molecule has 0 N–H and O–H groups in total. The van der Waals surface area contributed by atoms with Crippen molar-refractivity contribution in [3.63, 3.8) is 0 Å². The number of aromatic nitrogens is 2. The molecule has 31 heavy (non-hydrogen) atoms. The van der Waals surface area contributed by atoms with Gasteiger partial charge in [0.2, 0.25) is 0 Å². The van der Waals surface area contributed by atoms with Gasteiger partial charge in [-0.05, 0) is 38.1 Å². The molecule has 4 rings (SSSR count). The molecular formula is C23H19AlCl4N2O. The average molecular weight is 508 g/mol. The molecule has 0 fully saturated rings. The molecule has 0 radical (unpaired) electrons. The van der Waals surface area contributed by atoms with E-state index in [-0.39, 0.29) is 0 Å². The highest BCUT2D eigenvalue weighted by atomic mass is 35.9. The maximum absolute atomic E-state index is 6.05. The summed E-state index contributed by atoms with van der Waals surface area (Å²) in [5, 5.41) is 0. The number of hydrogen-bond donors (Lipinski definition) is 0. The second-order valence-electron chi connectivity index (χ2n) is 6.85. The van der Waals surface area contributed by atoms with Crippen LogP contribution in [0.4, 0.5) is 0 Å². The fraction of sp³-hybridized carbons (Fsp3) is 0.0870. The van der Waals surface area contributed by atoms with E-state index < -0.39 is 9.39 Å². The summed E-state index contributed by atoms with van der Waals surface area (Å²) in [5.74, 6) is 1.78. The number of rotatable bonds is 3. The van der Waals surface area contributed by atoms with E-state index in [1.807, 2.05) is 54.6 Å². The first kappa shape index (κ1) is 24.0. The number of hydrogen-bond acceptors (Lipinski definition) is 2. The minimum atomic E-state index is -2.94. The summed E-state index contributed by atoms with van der Waals surface area (Å²) in [6.45, 7) is 4.13. The summed E-state index contributed by atoms with van der Waals surface area (Å²) >= 11 is 0. The molecule has 3 aromatic carbocycles. The molecule has 1 heterocycles. The lowest BCUT2D eigenvalue weighted by Crippen LogP contribution is -1.96. The zero-order chi connectivity index (χ0) is 22.4. The minimum absolute atomic E-state index is 0.562. The Morgan fingerprint density at radius 2 is 0.968 bits per heavy atom. The Labute approximate surface area is 201 Å². The Balaban J connectivity index is 0.000000491. The predicted molar refractivity (Wildman–Crippen MR) is 134 cm³/mol. The van der Waals surface area contributed by atoms with Crippen LogP contribution in [0.3, 0.4) is 0 Å². The third kappa shape index (κ3) is 7.77. The summed E-state index contributed by atoms with van der Waals surface area (Å²) < 4.78 is 6.05. The van der Waals surface area contributed by atoms with Gasteiger partial charge in [-0.25, -0.2) is 0 Å². The molecule has 1 aromatic heterocycles. The molecule has 158 valence electrons. The van der Waals surface area contributed by atoms with Crippen LogP contribution in [0.25, 0.3) is 34.3 Å². The molecule has 0 unspecified atom stereocenters. The van der Waals surface area contributed by atoms with Crippen LogP contribution < -0.4 is 0 Å². The number of benzene rings is 3. The van der Waals surface area contributed by atoms with Gasteiger partial charge in [0.1, 0.15) is 11.1 Å². The van der Waals surface area contributed by atoms with E-state index >= 15 is 0 Å². The van der Waals surface area contributed by atoms with Crippen LogP contribution in [0.1, 0.15) is 11.1 Å². The van der Waals surface area contributed by atoms with Gasteiger partial charge < -0.3 is 40.2 Å². The third-order valence-electron chi connectivity index (χ3n) is 4.24. The van der Waals surface area contributed by atoms with Crippen LogP contribution in [-0.4, -0.2) is 19.4 Å². The van der Waals surface area contributed by atoms with E-state index in [1.54, 1.807) is 0 Å². The lowest BCUT2D eigenvalue weighted by Gasteiger charge is -2.01. The zero-order valence-corrected chi connectivity index (χ0v) is 21.1. The molecule has 0 aliphatic carbocycles. The second-order valence-corrected chi connectivity index (χ2v) is 19.7. The van der Waals surface area contributed by atoms with Crippen molar-refractivity contribution in [2.45, 2.75) is 13.8 Å². The third-order valence-corrected chi connectivity index (χ3v) is 4.24. The van der Waals surface area contributed by atoms with Gasteiger partial charge >= 0.3 is 21.2 Å². The topological polar surface area (TPSA) is 37.1 Å². The Morgan fingerprint density at radius 1 is 0.581 bits per heavy atom. The molecule has 0 spiro atoms. The van der Waals surface area contributed by atoms with Crippen LogP contribution in [0.15, 0.2) is 83.3 Å². The SMILES string of the molecule is Cc1ccc(-c2nc(-c3ccccc3)[o+]c(-c3ccc(C)cc3)n2)cc1.[Cl][Al-]([Cl])([Cl])[Cl]. The van der Waals surface area contributed by atoms with Gasteiger partial charge in [0.25, 0.3) is 0 Å². The highest BCUT2D eigenvalue weighted by Gasteiger charge is 2.23. The number of aryl methyl sites for hydroxylation is 2. The Morgan fingerprint density at radius 3 is 1.42 bits per heavy atom. The van der Waals surface area contributed by atoms with Crippen molar-refractivity contribution in [3.8, 4) is 34.3 Å². The molecule has 0 aliphatic rings. The molecule has 0 saturated heterocycles. The summed E-state index contributed by atoms with van der Waals surface area (Å²) in [4.78, 5) is 9.35. The second kappa shape index (κ2) is 10.8. The molecule has 8 heteroatoms. The van der Waals surface area contributed by atoms with Gasteiger partial charge in [0.15, 0.2) is 5.82 Å². The number of nitrogens with zero attached hydrogens (tertiary/aromatic N) is 2. The van der Waals surface area contributed by atoms with Gasteiger partial charge in [-0.3, -0.25) is 0 Å². The van der Waals surface area contributed by atoms with Crippen LogP contribution in [-0.2, 0) is 0 Å². The Bertz CT molecular complexity index is 1060. The van der Waals surface area contributed by atoms with Crippen LogP contribution in [0.5, 0.6) is 0 Å². The van der Waals surface area contributed by atoms with Gasteiger partial charge in [0.05, 0.1) is 0 Å². The quantitative estimate of drug-likeness (QED) is 0.206. The van der Waals surface area contributed by atoms with Crippen molar-refractivity contribution in [1.82, 2.24) is 9.97 Å². The maximum atomic E-state index is 6.05. The summed E-state index contributed by atoms with van der Waals surface area (Å²) in [7, 11) is 17.0. The van der Waals surface area contributed by atoms with Crippen LogP contribution in [0.2, 0.25) is 0 Å². The first-order chi connectivity index (χ1) is 14.7. The van der Waals surface area contributed by atoms with Crippen molar-refractivity contribution >= 4 is 49.6 Å². The van der Waals surface area contributed by atoms with Crippen molar-refractivity contribution in [2.24, 2.45) is 0 Å². The summed E-state index contributed by atoms with van der Waals surface area (Å²) in [6.07, 6.45) is 0. The van der Waals surface area contributed by atoms with Crippen LogP contribution in [0, 0.1) is 13.8 Å². The molecule has 0 bridgehead atoms. The van der Waals surface area contributed by atoms with Gasteiger partial charge in [-0.1, -0.05) is 65.7 Å². The lowest BCUT2D eigenvalue weighted by atomic mass is 10.1. The smallest absolute Gasteiger partial charge is 0.391 e. The van der Waals surface area contributed by atoms with E-state index in [4.69, 9.17) is 44.6 Å². The highest BCUT2D eigenvalue weighted by Crippen LogP contribution is 2.27. The first-order valence-corrected chi connectivity index (χ1v) is 16.5. The zero-order valence-electron chi connectivity index (χ0n) is 16.9. The van der Waals surface area contributed by atoms with E-state index in [2.05, 4.69) is 48.1 Å². The van der Waals surface area contributed by atoms with Gasteiger partial charge in [0, 0.05) is 5.56 Å². The monoisotopic (exact) mass is 506 g/mol. The van der Waals surface area contributed by atoms with Gasteiger partial charge in [-0.15, -0.1) is 9.97 Å². The van der Waals surface area contributed by atoms with Crippen molar-refractivity contribution < 1.29 is 4.42 Å². The predicted octanol–water partition coefficient (Wildman–Crippen LogP) is 8.35. The molecule has 0 atom stereocenters. The number of halogens is 4. The fourth-order valence-electron chi connectivity index (χ4n) is 2.71. The Hall–Kier alpha value is -1.64. The largest absolute Gasteiger partial charge is 0.564 e.